The summed E-state index contributed by atoms with van der Waals surface area (Å²) in [6.45, 7) is 1.46. The van der Waals surface area contributed by atoms with Crippen molar-refractivity contribution in [1.29, 1.82) is 5.26 Å². The lowest BCUT2D eigenvalue weighted by Crippen LogP contribution is -2.46. The molecule has 0 aliphatic carbocycles. The normalized spacial score (nSPS) is 24.5. The molecule has 1 aromatic rings. The van der Waals surface area contributed by atoms with Gasteiger partial charge in [-0.1, -0.05) is 6.07 Å². The first-order valence-electron chi connectivity index (χ1n) is 7.88. The Balaban J connectivity index is 1.59. The van der Waals surface area contributed by atoms with E-state index in [-0.39, 0.29) is 29.2 Å². The number of benzene rings is 1. The molecule has 3 rings (SSSR count). The molecule has 0 spiro atoms. The number of halogens is 1. The molecule has 2 aliphatic rings. The van der Waals surface area contributed by atoms with Gasteiger partial charge in [0.05, 0.1) is 17.2 Å². The van der Waals surface area contributed by atoms with Gasteiger partial charge in [0.15, 0.2) is 9.84 Å². The molecule has 1 aromatic carbocycles. The predicted octanol–water partition coefficient (Wildman–Crippen LogP) is 1.44. The molecule has 1 N–H and O–H groups in total. The van der Waals surface area contributed by atoms with E-state index < -0.39 is 15.7 Å². The average Bonchev–Trinajstić information content (AvgIpc) is 2.86. The Kier molecular flexibility index (Phi) is 4.55. The fourth-order valence-corrected chi connectivity index (χ4v) is 5.12. The Labute approximate surface area is 136 Å². The number of anilines is 1. The maximum Gasteiger partial charge on any atom is 0.151 e. The summed E-state index contributed by atoms with van der Waals surface area (Å²) in [4.78, 5) is 2.03. The molecular formula is C16H20FN3O2S. The minimum absolute atomic E-state index is 0.0559. The van der Waals surface area contributed by atoms with E-state index in [1.807, 2.05) is 11.0 Å². The third-order valence-corrected chi connectivity index (χ3v) is 6.41. The third-order valence-electron chi connectivity index (χ3n) is 4.64. The van der Waals surface area contributed by atoms with Crippen LogP contribution < -0.4 is 10.2 Å². The topological polar surface area (TPSA) is 73.2 Å². The van der Waals surface area contributed by atoms with E-state index in [1.165, 1.54) is 6.07 Å². The van der Waals surface area contributed by atoms with Gasteiger partial charge in [-0.3, -0.25) is 0 Å². The zero-order chi connectivity index (χ0) is 16.4. The van der Waals surface area contributed by atoms with E-state index in [9.17, 15) is 12.8 Å². The van der Waals surface area contributed by atoms with Gasteiger partial charge < -0.3 is 10.2 Å². The molecule has 124 valence electrons. The van der Waals surface area contributed by atoms with Crippen molar-refractivity contribution in [1.82, 2.24) is 5.32 Å². The summed E-state index contributed by atoms with van der Waals surface area (Å²) in [7, 11) is -2.86. The standard InChI is InChI=1S/C16H20FN3O2S/c17-15-2-1-3-16(14(15)10-18)20-7-4-12(5-8-20)19-13-6-9-23(21,22)11-13/h1-3,12-13,19H,4-9,11H2/t13-/m0/s1. The van der Waals surface area contributed by atoms with Crippen molar-refractivity contribution in [2.45, 2.75) is 31.3 Å². The lowest BCUT2D eigenvalue weighted by atomic mass is 10.0. The molecule has 7 heteroatoms. The van der Waals surface area contributed by atoms with E-state index in [1.54, 1.807) is 12.1 Å². The average molecular weight is 337 g/mol. The SMILES string of the molecule is N#Cc1c(F)cccc1N1CCC(N[C@H]2CCS(=O)(=O)C2)CC1. The first kappa shape index (κ1) is 16.2. The number of sulfone groups is 1. The van der Waals surface area contributed by atoms with Gasteiger partial charge in [0, 0.05) is 25.2 Å². The predicted molar refractivity (Wildman–Crippen MR) is 86.5 cm³/mol. The highest BCUT2D eigenvalue weighted by molar-refractivity contribution is 7.91. The number of hydrogen-bond donors (Lipinski definition) is 1. The van der Waals surface area contributed by atoms with Crippen molar-refractivity contribution in [3.8, 4) is 6.07 Å². The van der Waals surface area contributed by atoms with Gasteiger partial charge in [0.25, 0.3) is 0 Å². The molecule has 1 atom stereocenters. The Morgan fingerprint density at radius 3 is 2.57 bits per heavy atom. The van der Waals surface area contributed by atoms with Gasteiger partial charge in [-0.15, -0.1) is 0 Å². The summed E-state index contributed by atoms with van der Waals surface area (Å²) in [6.07, 6.45) is 2.40. The molecule has 2 fully saturated rings. The van der Waals surface area contributed by atoms with E-state index in [0.29, 0.717) is 12.1 Å². The van der Waals surface area contributed by atoms with Gasteiger partial charge >= 0.3 is 0 Å². The summed E-state index contributed by atoms with van der Waals surface area (Å²) in [5, 5.41) is 12.6. The monoisotopic (exact) mass is 337 g/mol. The van der Waals surface area contributed by atoms with Crippen molar-refractivity contribution in [3.05, 3.63) is 29.6 Å². The fourth-order valence-electron chi connectivity index (χ4n) is 3.43. The second kappa shape index (κ2) is 6.46. The van der Waals surface area contributed by atoms with Crippen LogP contribution in [0.15, 0.2) is 18.2 Å². The van der Waals surface area contributed by atoms with Crippen molar-refractivity contribution in [2.24, 2.45) is 0 Å². The maximum absolute atomic E-state index is 13.7. The minimum Gasteiger partial charge on any atom is -0.370 e. The third kappa shape index (κ3) is 3.65. The number of rotatable bonds is 3. The second-order valence-corrected chi connectivity index (χ2v) is 8.50. The number of nitrogens with zero attached hydrogens (tertiary/aromatic N) is 2. The van der Waals surface area contributed by atoms with E-state index in [0.717, 1.165) is 25.9 Å². The molecule has 2 heterocycles. The largest absolute Gasteiger partial charge is 0.370 e. The Morgan fingerprint density at radius 1 is 1.22 bits per heavy atom. The van der Waals surface area contributed by atoms with Gasteiger partial charge in [-0.25, -0.2) is 12.8 Å². The molecule has 0 amide bonds. The first-order chi connectivity index (χ1) is 11.0. The van der Waals surface area contributed by atoms with E-state index in [4.69, 9.17) is 5.26 Å². The van der Waals surface area contributed by atoms with Crippen LogP contribution in [0.3, 0.4) is 0 Å². The van der Waals surface area contributed by atoms with Gasteiger partial charge in [0.1, 0.15) is 17.4 Å². The molecule has 0 saturated carbocycles. The zero-order valence-corrected chi connectivity index (χ0v) is 13.7. The highest BCUT2D eigenvalue weighted by atomic mass is 32.2. The highest BCUT2D eigenvalue weighted by Gasteiger charge is 2.30. The molecule has 0 radical (unpaired) electrons. The van der Waals surface area contributed by atoms with Crippen LogP contribution >= 0.6 is 0 Å². The van der Waals surface area contributed by atoms with Crippen molar-refractivity contribution in [2.75, 3.05) is 29.5 Å². The molecular weight excluding hydrogens is 317 g/mol. The lowest BCUT2D eigenvalue weighted by Gasteiger charge is -2.35. The number of piperidine rings is 1. The Morgan fingerprint density at radius 2 is 1.96 bits per heavy atom. The highest BCUT2D eigenvalue weighted by Crippen LogP contribution is 2.26. The lowest BCUT2D eigenvalue weighted by molar-refractivity contribution is 0.378. The summed E-state index contributed by atoms with van der Waals surface area (Å²) >= 11 is 0. The van der Waals surface area contributed by atoms with Crippen LogP contribution in [0.2, 0.25) is 0 Å². The zero-order valence-electron chi connectivity index (χ0n) is 12.8. The van der Waals surface area contributed by atoms with Crippen LogP contribution in [-0.2, 0) is 9.84 Å². The van der Waals surface area contributed by atoms with Crippen molar-refractivity contribution >= 4 is 15.5 Å². The first-order valence-corrected chi connectivity index (χ1v) is 9.71. The van der Waals surface area contributed by atoms with Gasteiger partial charge in [-0.05, 0) is 31.4 Å². The molecule has 2 aliphatic heterocycles. The van der Waals surface area contributed by atoms with Crippen LogP contribution in [0, 0.1) is 17.1 Å². The molecule has 0 aromatic heterocycles. The summed E-state index contributed by atoms with van der Waals surface area (Å²) in [5.74, 6) is 0.0232. The summed E-state index contributed by atoms with van der Waals surface area (Å²) in [5.41, 5.74) is 0.746. The van der Waals surface area contributed by atoms with Crippen LogP contribution in [0.5, 0.6) is 0 Å². The van der Waals surface area contributed by atoms with E-state index >= 15 is 0 Å². The Bertz CT molecular complexity index is 721. The Hall–Kier alpha value is -1.65. The summed E-state index contributed by atoms with van der Waals surface area (Å²) < 4.78 is 36.7. The molecule has 5 nitrogen and oxygen atoms in total. The minimum atomic E-state index is -2.86. The molecule has 2 saturated heterocycles. The van der Waals surface area contributed by atoms with Crippen LogP contribution in [0.1, 0.15) is 24.8 Å². The molecule has 0 unspecified atom stereocenters. The number of nitrogens with one attached hydrogen (secondary N) is 1. The van der Waals surface area contributed by atoms with Crippen LogP contribution in [-0.4, -0.2) is 45.1 Å². The second-order valence-electron chi connectivity index (χ2n) is 6.27. The number of hydrogen-bond acceptors (Lipinski definition) is 5. The van der Waals surface area contributed by atoms with Crippen molar-refractivity contribution in [3.63, 3.8) is 0 Å². The number of nitriles is 1. The fraction of sp³-hybridized carbons (Fsp3) is 0.562. The van der Waals surface area contributed by atoms with Gasteiger partial charge in [-0.2, -0.15) is 5.26 Å². The quantitative estimate of drug-likeness (QED) is 0.903. The molecule has 23 heavy (non-hydrogen) atoms. The summed E-state index contributed by atoms with van der Waals surface area (Å²) in [6, 6.07) is 6.98. The smallest absolute Gasteiger partial charge is 0.151 e. The van der Waals surface area contributed by atoms with Gasteiger partial charge in [0.2, 0.25) is 0 Å². The van der Waals surface area contributed by atoms with E-state index in [2.05, 4.69) is 5.32 Å². The molecule has 0 bridgehead atoms. The maximum atomic E-state index is 13.7. The van der Waals surface area contributed by atoms with Crippen LogP contribution in [0.4, 0.5) is 10.1 Å². The van der Waals surface area contributed by atoms with Crippen LogP contribution in [0.25, 0.3) is 0 Å². The van der Waals surface area contributed by atoms with Crippen molar-refractivity contribution < 1.29 is 12.8 Å².